The fourth-order valence-corrected chi connectivity index (χ4v) is 3.39. The van der Waals surface area contributed by atoms with Gasteiger partial charge in [-0.25, -0.2) is 8.42 Å². The van der Waals surface area contributed by atoms with Gasteiger partial charge in [0.25, 0.3) is 0 Å². The number of hydrogen-bond acceptors (Lipinski definition) is 4. The van der Waals surface area contributed by atoms with Crippen molar-refractivity contribution in [3.8, 4) is 0 Å². The van der Waals surface area contributed by atoms with Crippen LogP contribution < -0.4 is 0 Å². The predicted octanol–water partition coefficient (Wildman–Crippen LogP) is 0.701. The summed E-state index contributed by atoms with van der Waals surface area (Å²) in [5.41, 5.74) is 0.945. The molecule has 0 spiro atoms. The van der Waals surface area contributed by atoms with E-state index in [0.717, 1.165) is 24.8 Å². The molecular formula is C13H21N3O3S. The first kappa shape index (κ1) is 14.0. The summed E-state index contributed by atoms with van der Waals surface area (Å²) in [6.07, 6.45) is 5.53. The highest BCUT2D eigenvalue weighted by atomic mass is 32.2. The summed E-state index contributed by atoms with van der Waals surface area (Å²) in [5, 5.41) is 4.28. The van der Waals surface area contributed by atoms with Crippen LogP contribution in [0.5, 0.6) is 0 Å². The average Bonchev–Trinajstić information content (AvgIpc) is 3.12. The second kappa shape index (κ2) is 5.46. The van der Waals surface area contributed by atoms with Gasteiger partial charge in [0.15, 0.2) is 0 Å². The van der Waals surface area contributed by atoms with Crippen LogP contribution in [0, 0.1) is 11.8 Å². The third-order valence-corrected chi connectivity index (χ3v) is 5.13. The first-order valence-corrected chi connectivity index (χ1v) is 8.91. The summed E-state index contributed by atoms with van der Waals surface area (Å²) in [7, 11) is -3.20. The van der Waals surface area contributed by atoms with Crippen LogP contribution in [-0.4, -0.2) is 48.5 Å². The van der Waals surface area contributed by atoms with E-state index in [4.69, 9.17) is 4.74 Å². The lowest BCUT2D eigenvalue weighted by Crippen LogP contribution is -2.34. The van der Waals surface area contributed by atoms with E-state index in [0.29, 0.717) is 19.7 Å². The lowest BCUT2D eigenvalue weighted by Gasteiger charge is -2.21. The molecule has 3 rings (SSSR count). The van der Waals surface area contributed by atoms with Gasteiger partial charge in [0, 0.05) is 31.8 Å². The van der Waals surface area contributed by atoms with E-state index in [2.05, 4.69) is 5.10 Å². The maximum Gasteiger partial charge on any atom is 0.211 e. The molecule has 0 N–H and O–H groups in total. The summed E-state index contributed by atoms with van der Waals surface area (Å²) in [4.78, 5) is 0. The Kier molecular flexibility index (Phi) is 3.83. The molecule has 20 heavy (non-hydrogen) atoms. The number of ether oxygens (including phenoxy) is 1. The van der Waals surface area contributed by atoms with Crippen molar-refractivity contribution < 1.29 is 13.2 Å². The molecule has 2 heterocycles. The van der Waals surface area contributed by atoms with E-state index in [-0.39, 0.29) is 5.92 Å². The van der Waals surface area contributed by atoms with Gasteiger partial charge in [-0.2, -0.15) is 9.40 Å². The molecule has 1 saturated carbocycles. The molecule has 7 heteroatoms. The minimum atomic E-state index is -3.20. The monoisotopic (exact) mass is 299 g/mol. The predicted molar refractivity (Wildman–Crippen MR) is 74.5 cm³/mol. The average molecular weight is 299 g/mol. The molecule has 1 aromatic rings. The molecule has 1 aromatic heterocycles. The third-order valence-electron chi connectivity index (χ3n) is 3.91. The van der Waals surface area contributed by atoms with Crippen LogP contribution in [0.1, 0.15) is 18.5 Å². The quantitative estimate of drug-likeness (QED) is 0.803. The van der Waals surface area contributed by atoms with E-state index in [1.54, 1.807) is 6.20 Å². The number of sulfonamides is 1. The Morgan fingerprint density at radius 1 is 1.30 bits per heavy atom. The highest BCUT2D eigenvalue weighted by Gasteiger charge is 2.28. The van der Waals surface area contributed by atoms with Crippen molar-refractivity contribution in [2.45, 2.75) is 25.9 Å². The molecule has 0 aromatic carbocycles. The normalized spacial score (nSPS) is 24.4. The molecule has 0 saturated heterocycles. The third kappa shape index (κ3) is 3.39. The molecule has 112 valence electrons. The molecule has 1 atom stereocenters. The van der Waals surface area contributed by atoms with E-state index in [1.807, 2.05) is 10.7 Å². The van der Waals surface area contributed by atoms with Gasteiger partial charge in [0.1, 0.15) is 0 Å². The Morgan fingerprint density at radius 3 is 2.75 bits per heavy atom. The van der Waals surface area contributed by atoms with Crippen molar-refractivity contribution in [2.75, 3.05) is 26.0 Å². The van der Waals surface area contributed by atoms with E-state index in [9.17, 15) is 8.42 Å². The largest absolute Gasteiger partial charge is 0.381 e. The number of hydrogen-bond donors (Lipinski definition) is 0. The number of nitrogens with zero attached hydrogens (tertiary/aromatic N) is 3. The number of fused-ring (bicyclic) bond motifs is 1. The first-order chi connectivity index (χ1) is 9.52. The van der Waals surface area contributed by atoms with E-state index >= 15 is 0 Å². The van der Waals surface area contributed by atoms with E-state index in [1.165, 1.54) is 23.4 Å². The van der Waals surface area contributed by atoms with Crippen molar-refractivity contribution in [3.05, 3.63) is 18.0 Å². The van der Waals surface area contributed by atoms with E-state index < -0.39 is 10.0 Å². The highest BCUT2D eigenvalue weighted by Crippen LogP contribution is 2.29. The van der Waals surface area contributed by atoms with Crippen LogP contribution in [0.2, 0.25) is 0 Å². The zero-order chi connectivity index (χ0) is 14.2. The Labute approximate surface area is 119 Å². The second-order valence-electron chi connectivity index (χ2n) is 5.91. The van der Waals surface area contributed by atoms with Crippen LogP contribution in [0.15, 0.2) is 12.3 Å². The highest BCUT2D eigenvalue weighted by molar-refractivity contribution is 7.88. The summed E-state index contributed by atoms with van der Waals surface area (Å²) in [6.45, 7) is 3.03. The summed E-state index contributed by atoms with van der Waals surface area (Å²) in [6, 6.07) is 1.88. The lowest BCUT2D eigenvalue weighted by atomic mass is 10.1. The van der Waals surface area contributed by atoms with Gasteiger partial charge in [-0.1, -0.05) is 0 Å². The van der Waals surface area contributed by atoms with Gasteiger partial charge >= 0.3 is 0 Å². The van der Waals surface area contributed by atoms with Crippen LogP contribution >= 0.6 is 0 Å². The second-order valence-corrected chi connectivity index (χ2v) is 7.89. The number of aromatic nitrogens is 2. The number of rotatable bonds is 5. The maximum atomic E-state index is 11.9. The fourth-order valence-electron chi connectivity index (χ4n) is 2.54. The Morgan fingerprint density at radius 2 is 2.05 bits per heavy atom. The molecule has 1 aliphatic heterocycles. The van der Waals surface area contributed by atoms with Crippen molar-refractivity contribution in [2.24, 2.45) is 11.8 Å². The SMILES string of the molecule is CS(=O)(=O)N1Cc2ccnn2C[C@H](COCC2CC2)C1. The molecule has 0 radical (unpaired) electrons. The van der Waals surface area contributed by atoms with Gasteiger partial charge in [-0.15, -0.1) is 0 Å². The maximum absolute atomic E-state index is 11.9. The smallest absolute Gasteiger partial charge is 0.211 e. The van der Waals surface area contributed by atoms with Crippen LogP contribution in [-0.2, 0) is 27.8 Å². The molecule has 2 aliphatic rings. The first-order valence-electron chi connectivity index (χ1n) is 7.06. The van der Waals surface area contributed by atoms with Crippen molar-refractivity contribution in [3.63, 3.8) is 0 Å². The summed E-state index contributed by atoms with van der Waals surface area (Å²) in [5.74, 6) is 0.886. The van der Waals surface area contributed by atoms with Crippen molar-refractivity contribution in [1.82, 2.24) is 14.1 Å². The van der Waals surface area contributed by atoms with Gasteiger partial charge < -0.3 is 4.74 Å². The lowest BCUT2D eigenvalue weighted by molar-refractivity contribution is 0.0798. The van der Waals surface area contributed by atoms with Gasteiger partial charge in [-0.3, -0.25) is 4.68 Å². The van der Waals surface area contributed by atoms with Gasteiger partial charge in [-0.05, 0) is 24.8 Å². The Hall–Kier alpha value is -0.920. The molecule has 0 bridgehead atoms. The zero-order valence-corrected chi connectivity index (χ0v) is 12.6. The van der Waals surface area contributed by atoms with Crippen LogP contribution in [0.4, 0.5) is 0 Å². The van der Waals surface area contributed by atoms with Gasteiger partial charge in [0.2, 0.25) is 10.0 Å². The molecule has 6 nitrogen and oxygen atoms in total. The molecule has 0 amide bonds. The Bertz CT molecular complexity index is 565. The van der Waals surface area contributed by atoms with Crippen LogP contribution in [0.25, 0.3) is 0 Å². The molecular weight excluding hydrogens is 278 g/mol. The Balaban J connectivity index is 1.69. The molecule has 1 fully saturated rings. The molecule has 0 unspecified atom stereocenters. The van der Waals surface area contributed by atoms with Crippen molar-refractivity contribution in [1.29, 1.82) is 0 Å². The summed E-state index contributed by atoms with van der Waals surface area (Å²) < 4.78 is 32.9. The van der Waals surface area contributed by atoms with Crippen LogP contribution in [0.3, 0.4) is 0 Å². The van der Waals surface area contributed by atoms with Crippen molar-refractivity contribution >= 4 is 10.0 Å². The minimum Gasteiger partial charge on any atom is -0.381 e. The zero-order valence-electron chi connectivity index (χ0n) is 11.7. The standard InChI is InChI=1S/C13H21N3O3S/c1-20(17,18)15-6-12(10-19-9-11-2-3-11)7-16-13(8-15)4-5-14-16/h4-5,11-12H,2-3,6-10H2,1H3/t12-/m1/s1. The van der Waals surface area contributed by atoms with Gasteiger partial charge in [0.05, 0.1) is 25.1 Å². The summed E-state index contributed by atoms with van der Waals surface area (Å²) >= 11 is 0. The fraction of sp³-hybridized carbons (Fsp3) is 0.769. The molecule has 1 aliphatic carbocycles. The minimum absolute atomic E-state index is 0.157. The topological polar surface area (TPSA) is 64.4 Å².